The van der Waals surface area contributed by atoms with Crippen LogP contribution in [-0.2, 0) is 22.9 Å². The van der Waals surface area contributed by atoms with Crippen molar-refractivity contribution in [2.24, 2.45) is 0 Å². The summed E-state index contributed by atoms with van der Waals surface area (Å²) in [7, 11) is -3.44. The molecule has 3 rings (SSSR count). The lowest BCUT2D eigenvalue weighted by Gasteiger charge is -2.18. The maximum Gasteiger partial charge on any atom is 0.401 e. The van der Waals surface area contributed by atoms with Gasteiger partial charge in [0.15, 0.2) is 9.84 Å². The van der Waals surface area contributed by atoms with E-state index in [2.05, 4.69) is 10.6 Å². The molecule has 0 aliphatic rings. The number of benzene rings is 2. The third-order valence-corrected chi connectivity index (χ3v) is 7.52. The average Bonchev–Trinajstić information content (AvgIpc) is 3.17. The Labute approximate surface area is 210 Å². The summed E-state index contributed by atoms with van der Waals surface area (Å²) >= 11 is 0. The Morgan fingerprint density at radius 3 is 2.38 bits per heavy atom. The van der Waals surface area contributed by atoms with Gasteiger partial charge in [0.05, 0.1) is 47.5 Å². The van der Waals surface area contributed by atoms with Gasteiger partial charge in [0.1, 0.15) is 12.5 Å². The third-order valence-electron chi connectivity index (χ3n) is 5.77. The quantitative estimate of drug-likeness (QED) is 0.318. The van der Waals surface area contributed by atoms with Crippen molar-refractivity contribution in [2.75, 3.05) is 25.6 Å². The Morgan fingerprint density at radius 1 is 1.14 bits per heavy atom. The Balaban J connectivity index is 1.86. The fourth-order valence-electron chi connectivity index (χ4n) is 3.89. The number of halogens is 5. The average molecular weight is 548 g/mol. The van der Waals surface area contributed by atoms with Gasteiger partial charge >= 0.3 is 6.18 Å². The highest BCUT2D eigenvalue weighted by Gasteiger charge is 2.27. The molecule has 0 saturated heterocycles. The van der Waals surface area contributed by atoms with Crippen LogP contribution in [0.4, 0.5) is 22.0 Å². The van der Waals surface area contributed by atoms with E-state index in [0.29, 0.717) is 10.9 Å². The first-order chi connectivity index (χ1) is 17.4. The minimum atomic E-state index is -4.44. The summed E-state index contributed by atoms with van der Waals surface area (Å²) in [5, 5.41) is 14.8. The van der Waals surface area contributed by atoms with Gasteiger partial charge in [-0.05, 0) is 35.9 Å². The third kappa shape index (κ3) is 6.84. The van der Waals surface area contributed by atoms with Crippen molar-refractivity contribution >= 4 is 26.6 Å². The van der Waals surface area contributed by atoms with Crippen molar-refractivity contribution in [3.05, 3.63) is 65.1 Å². The van der Waals surface area contributed by atoms with E-state index in [1.807, 2.05) is 0 Å². The van der Waals surface area contributed by atoms with Crippen molar-refractivity contribution in [2.45, 2.75) is 37.1 Å². The van der Waals surface area contributed by atoms with Gasteiger partial charge in [0.2, 0.25) is 0 Å². The van der Waals surface area contributed by atoms with E-state index in [1.54, 1.807) is 0 Å². The molecule has 0 aliphatic heterocycles. The highest BCUT2D eigenvalue weighted by atomic mass is 32.2. The van der Waals surface area contributed by atoms with Gasteiger partial charge in [-0.1, -0.05) is 19.1 Å². The molecule has 0 unspecified atom stereocenters. The highest BCUT2D eigenvalue weighted by Crippen LogP contribution is 2.25. The summed E-state index contributed by atoms with van der Waals surface area (Å²) in [4.78, 5) is 12.9. The van der Waals surface area contributed by atoms with Crippen LogP contribution in [-0.4, -0.2) is 55.8 Å². The van der Waals surface area contributed by atoms with E-state index in [9.17, 15) is 40.3 Å². The summed E-state index contributed by atoms with van der Waals surface area (Å²) in [6.07, 6.45) is -4.44. The molecular weight excluding hydrogens is 521 g/mol. The molecule has 2 aromatic carbocycles. The molecule has 1 heterocycles. The molecule has 37 heavy (non-hydrogen) atoms. The van der Waals surface area contributed by atoms with Crippen LogP contribution in [0.2, 0.25) is 0 Å². The van der Waals surface area contributed by atoms with Crippen molar-refractivity contribution < 1.29 is 40.3 Å². The fourth-order valence-corrected chi connectivity index (χ4v) is 4.77. The lowest BCUT2D eigenvalue weighted by atomic mass is 10.1. The first-order valence-corrected chi connectivity index (χ1v) is 12.9. The molecule has 3 aromatic rings. The van der Waals surface area contributed by atoms with Gasteiger partial charge in [0, 0.05) is 17.6 Å². The normalized spacial score (nSPS) is 13.2. The number of aryl methyl sites for hydroxylation is 1. The van der Waals surface area contributed by atoms with Crippen molar-refractivity contribution in [1.29, 1.82) is 0 Å². The molecule has 0 saturated carbocycles. The number of sulfone groups is 1. The van der Waals surface area contributed by atoms with Crippen LogP contribution in [0.25, 0.3) is 10.9 Å². The number of nitrogens with one attached hydrogen (secondary N) is 2. The van der Waals surface area contributed by atoms with Crippen LogP contribution in [0.1, 0.15) is 34.6 Å². The smallest absolute Gasteiger partial charge is 0.394 e. The Bertz CT molecular complexity index is 1360. The maximum atomic E-state index is 14.9. The number of nitrogens with zero attached hydrogens (tertiary/aromatic N) is 1. The van der Waals surface area contributed by atoms with Crippen LogP contribution in [0.3, 0.4) is 0 Å². The number of carbonyl (C=O) groups is 1. The van der Waals surface area contributed by atoms with Gasteiger partial charge in [-0.15, -0.1) is 0 Å². The topological polar surface area (TPSA) is 100 Å². The van der Waals surface area contributed by atoms with E-state index in [-0.39, 0.29) is 40.5 Å². The monoisotopic (exact) mass is 547 g/mol. The second-order valence-electron chi connectivity index (χ2n) is 8.27. The lowest BCUT2D eigenvalue weighted by Crippen LogP contribution is -2.31. The number of aromatic nitrogens is 1. The lowest BCUT2D eigenvalue weighted by molar-refractivity contribution is -0.125. The zero-order valence-electron chi connectivity index (χ0n) is 19.8. The number of hydrogen-bond donors (Lipinski definition) is 3. The van der Waals surface area contributed by atoms with Crippen LogP contribution < -0.4 is 10.6 Å². The number of amides is 1. The molecule has 1 aromatic heterocycles. The maximum absolute atomic E-state index is 14.9. The second-order valence-corrected chi connectivity index (χ2v) is 10.5. The van der Waals surface area contributed by atoms with Gasteiger partial charge in [-0.25, -0.2) is 17.2 Å². The first kappa shape index (κ1) is 28.5. The van der Waals surface area contributed by atoms with E-state index in [4.69, 9.17) is 0 Å². The molecule has 0 aliphatic carbocycles. The van der Waals surface area contributed by atoms with Gasteiger partial charge in [-0.3, -0.25) is 4.79 Å². The van der Waals surface area contributed by atoms with E-state index in [1.165, 1.54) is 47.9 Å². The van der Waals surface area contributed by atoms with Gasteiger partial charge in [-0.2, -0.15) is 13.2 Å². The standard InChI is InChI=1S/C24H26F5N3O4S/c1-2-37(35,36)18-5-3-15(4-6-18)21(13-33)31-23(34)19-10-16-9-17(12-30-14-24(27,28)29)32(8-7-25)22(16)11-20(19)26/h3-6,9-11,21,30,33H,2,7-8,12-14H2,1H3,(H,31,34)/t21-/m0/s1. The molecule has 202 valence electrons. The highest BCUT2D eigenvalue weighted by molar-refractivity contribution is 7.91. The molecule has 7 nitrogen and oxygen atoms in total. The molecule has 0 fully saturated rings. The molecular formula is C24H26F5N3O4S. The largest absolute Gasteiger partial charge is 0.401 e. The number of carbonyl (C=O) groups excluding carboxylic acids is 1. The molecule has 0 bridgehead atoms. The number of fused-ring (bicyclic) bond motifs is 1. The summed E-state index contributed by atoms with van der Waals surface area (Å²) in [6, 6.07) is 8.23. The van der Waals surface area contributed by atoms with Crippen molar-refractivity contribution in [3.8, 4) is 0 Å². The molecule has 1 amide bonds. The Kier molecular flexibility index (Phi) is 8.92. The number of alkyl halides is 4. The summed E-state index contributed by atoms with van der Waals surface area (Å²) in [5.74, 6) is -1.92. The first-order valence-electron chi connectivity index (χ1n) is 11.3. The predicted molar refractivity (Wildman–Crippen MR) is 127 cm³/mol. The molecule has 0 radical (unpaired) electrons. The van der Waals surface area contributed by atoms with E-state index in [0.717, 1.165) is 6.07 Å². The molecule has 0 spiro atoms. The zero-order valence-corrected chi connectivity index (χ0v) is 20.6. The second kappa shape index (κ2) is 11.6. The van der Waals surface area contributed by atoms with Gasteiger partial charge in [0.25, 0.3) is 5.91 Å². The zero-order chi connectivity index (χ0) is 27.4. The molecule has 13 heteroatoms. The summed E-state index contributed by atoms with van der Waals surface area (Å²) in [6.45, 7) is -1.63. The van der Waals surface area contributed by atoms with Crippen LogP contribution in [0.5, 0.6) is 0 Å². The Hall–Kier alpha value is -3.03. The van der Waals surface area contributed by atoms with Crippen LogP contribution >= 0.6 is 0 Å². The number of hydrogen-bond acceptors (Lipinski definition) is 5. The minimum Gasteiger partial charge on any atom is -0.394 e. The van der Waals surface area contributed by atoms with Crippen LogP contribution in [0.15, 0.2) is 47.4 Å². The van der Waals surface area contributed by atoms with Gasteiger partial charge < -0.3 is 20.3 Å². The predicted octanol–water partition coefficient (Wildman–Crippen LogP) is 3.66. The van der Waals surface area contributed by atoms with Crippen LogP contribution in [0, 0.1) is 5.82 Å². The fraction of sp³-hybridized carbons (Fsp3) is 0.375. The number of rotatable bonds is 11. The van der Waals surface area contributed by atoms with Crippen molar-refractivity contribution in [3.63, 3.8) is 0 Å². The summed E-state index contributed by atoms with van der Waals surface area (Å²) in [5.41, 5.74) is 0.494. The van der Waals surface area contributed by atoms with E-state index < -0.39 is 53.6 Å². The van der Waals surface area contributed by atoms with Crippen molar-refractivity contribution in [1.82, 2.24) is 15.2 Å². The number of aliphatic hydroxyl groups excluding tert-OH is 1. The summed E-state index contributed by atoms with van der Waals surface area (Å²) < 4.78 is 90.8. The molecule has 3 N–H and O–H groups in total. The Morgan fingerprint density at radius 2 is 1.81 bits per heavy atom. The SMILES string of the molecule is CCS(=O)(=O)c1ccc([C@H](CO)NC(=O)c2cc3cc(CNCC(F)(F)F)n(CCF)c3cc2F)cc1. The number of aliphatic hydroxyl groups is 1. The minimum absolute atomic E-state index is 0.0802. The van der Waals surface area contributed by atoms with E-state index >= 15 is 0 Å². The molecule has 1 atom stereocenters.